The Kier molecular flexibility index (Phi) is 5.07. The molecule has 6 nitrogen and oxygen atoms in total. The number of hydrogen-bond acceptors (Lipinski definition) is 4. The Morgan fingerprint density at radius 2 is 2.16 bits per heavy atom. The van der Waals surface area contributed by atoms with Gasteiger partial charge in [-0.2, -0.15) is 5.10 Å². The fraction of sp³-hybridized carbons (Fsp3) is 0.353. The first-order chi connectivity index (χ1) is 11.9. The number of hydrogen-bond donors (Lipinski definition) is 2. The van der Waals surface area contributed by atoms with Crippen LogP contribution in [0.4, 0.5) is 15.8 Å². The molecule has 2 N–H and O–H groups in total. The number of nitrogens with zero attached hydrogens (tertiary/aromatic N) is 2. The summed E-state index contributed by atoms with van der Waals surface area (Å²) in [6, 6.07) is 4.68. The van der Waals surface area contributed by atoms with Crippen LogP contribution in [0, 0.1) is 22.2 Å². The Hall–Kier alpha value is -1.97. The number of anilines is 2. The van der Waals surface area contributed by atoms with Gasteiger partial charge in [0.1, 0.15) is 5.82 Å². The molecule has 25 heavy (non-hydrogen) atoms. The van der Waals surface area contributed by atoms with Gasteiger partial charge in [0.25, 0.3) is 11.5 Å². The molecule has 1 saturated carbocycles. The van der Waals surface area contributed by atoms with Crippen LogP contribution >= 0.6 is 22.6 Å². The van der Waals surface area contributed by atoms with Gasteiger partial charge in [0.05, 0.1) is 11.4 Å². The van der Waals surface area contributed by atoms with Gasteiger partial charge in [0.2, 0.25) is 0 Å². The number of halogens is 2. The van der Waals surface area contributed by atoms with Crippen molar-refractivity contribution in [2.24, 2.45) is 13.0 Å². The largest absolute Gasteiger partial charge is 0.351 e. The monoisotopic (exact) mass is 456 g/mol. The van der Waals surface area contributed by atoms with Crippen molar-refractivity contribution in [3.05, 3.63) is 49.2 Å². The maximum atomic E-state index is 14.2. The molecule has 0 radical (unpaired) electrons. The lowest BCUT2D eigenvalue weighted by Crippen LogP contribution is -2.32. The van der Waals surface area contributed by atoms with Crippen molar-refractivity contribution in [3.63, 3.8) is 0 Å². The minimum atomic E-state index is -0.462. The first-order valence-corrected chi connectivity index (χ1v) is 9.03. The first-order valence-electron chi connectivity index (χ1n) is 7.95. The van der Waals surface area contributed by atoms with Gasteiger partial charge in [-0.15, -0.1) is 0 Å². The maximum absolute atomic E-state index is 14.2. The molecule has 0 unspecified atom stereocenters. The molecule has 0 saturated heterocycles. The molecule has 1 aliphatic rings. The molecule has 8 heteroatoms. The molecule has 1 aromatic heterocycles. The smallest absolute Gasteiger partial charge is 0.273 e. The van der Waals surface area contributed by atoms with E-state index in [0.29, 0.717) is 18.0 Å². The number of benzene rings is 1. The molecule has 1 heterocycles. The second-order valence-electron chi connectivity index (χ2n) is 6.18. The van der Waals surface area contributed by atoms with E-state index in [0.717, 1.165) is 21.1 Å². The summed E-state index contributed by atoms with van der Waals surface area (Å²) in [6.45, 7) is 2.17. The highest BCUT2D eigenvalue weighted by atomic mass is 127. The van der Waals surface area contributed by atoms with Crippen LogP contribution in [0.2, 0.25) is 0 Å². The average molecular weight is 456 g/mol. The van der Waals surface area contributed by atoms with E-state index < -0.39 is 5.82 Å². The lowest BCUT2D eigenvalue weighted by atomic mass is 10.2. The highest BCUT2D eigenvalue weighted by Gasteiger charge is 2.25. The van der Waals surface area contributed by atoms with Gasteiger partial charge in [-0.25, -0.2) is 9.07 Å². The number of nitrogens with one attached hydrogen (secondary N) is 2. The third-order valence-electron chi connectivity index (χ3n) is 4.13. The van der Waals surface area contributed by atoms with Crippen molar-refractivity contribution < 1.29 is 9.18 Å². The second kappa shape index (κ2) is 7.11. The van der Waals surface area contributed by atoms with Gasteiger partial charge >= 0.3 is 0 Å². The Labute approximate surface area is 158 Å². The van der Waals surface area contributed by atoms with Gasteiger partial charge in [-0.3, -0.25) is 9.59 Å². The number of carbonyl (C=O) groups is 1. The van der Waals surface area contributed by atoms with E-state index in [-0.39, 0.29) is 28.5 Å². The molecule has 0 atom stereocenters. The molecule has 1 fully saturated rings. The van der Waals surface area contributed by atoms with Crippen LogP contribution in [0.25, 0.3) is 0 Å². The quantitative estimate of drug-likeness (QED) is 0.679. The lowest BCUT2D eigenvalue weighted by molar-refractivity contribution is 0.0945. The predicted molar refractivity (Wildman–Crippen MR) is 102 cm³/mol. The fourth-order valence-electron chi connectivity index (χ4n) is 2.45. The zero-order valence-electron chi connectivity index (χ0n) is 13.9. The van der Waals surface area contributed by atoms with Crippen molar-refractivity contribution in [1.29, 1.82) is 0 Å². The van der Waals surface area contributed by atoms with Crippen molar-refractivity contribution >= 4 is 39.9 Å². The SMILES string of the molecule is Cc1c(Nc2ccc(I)cc2F)c(C(=O)NCC2CC2)nn(C)c1=O. The van der Waals surface area contributed by atoms with Gasteiger partial charge in [-0.05, 0) is 66.5 Å². The highest BCUT2D eigenvalue weighted by Crippen LogP contribution is 2.28. The fourth-order valence-corrected chi connectivity index (χ4v) is 2.91. The summed E-state index contributed by atoms with van der Waals surface area (Å²) in [6.07, 6.45) is 2.22. The number of aromatic nitrogens is 2. The third kappa shape index (κ3) is 4.00. The molecule has 1 amide bonds. The highest BCUT2D eigenvalue weighted by molar-refractivity contribution is 14.1. The van der Waals surface area contributed by atoms with Gasteiger partial charge < -0.3 is 10.6 Å². The molecular weight excluding hydrogens is 438 g/mol. The van der Waals surface area contributed by atoms with Crippen LogP contribution in [0.5, 0.6) is 0 Å². The van der Waals surface area contributed by atoms with Crippen molar-refractivity contribution in [2.45, 2.75) is 19.8 Å². The summed E-state index contributed by atoms with van der Waals surface area (Å²) in [5.74, 6) is -0.321. The molecule has 3 rings (SSSR count). The zero-order chi connectivity index (χ0) is 18.1. The Bertz CT molecular complexity index is 893. The van der Waals surface area contributed by atoms with Crippen LogP contribution in [0.3, 0.4) is 0 Å². The molecule has 0 aliphatic heterocycles. The molecule has 0 bridgehead atoms. The normalized spacial score (nSPS) is 13.6. The minimum absolute atomic E-state index is 0.0817. The summed E-state index contributed by atoms with van der Waals surface area (Å²) >= 11 is 2.01. The van der Waals surface area contributed by atoms with Gasteiger partial charge in [-0.1, -0.05) is 0 Å². The number of amides is 1. The summed E-state index contributed by atoms with van der Waals surface area (Å²) in [7, 11) is 1.49. The van der Waals surface area contributed by atoms with Gasteiger partial charge in [0.15, 0.2) is 5.69 Å². The Morgan fingerprint density at radius 3 is 2.80 bits per heavy atom. The van der Waals surface area contributed by atoms with Crippen LogP contribution in [0.15, 0.2) is 23.0 Å². The molecule has 1 aromatic carbocycles. The van der Waals surface area contributed by atoms with Crippen LogP contribution in [-0.2, 0) is 7.05 Å². The van der Waals surface area contributed by atoms with E-state index in [1.54, 1.807) is 19.1 Å². The first kappa shape index (κ1) is 17.8. The second-order valence-corrected chi connectivity index (χ2v) is 7.43. The van der Waals surface area contributed by atoms with Crippen molar-refractivity contribution in [3.8, 4) is 0 Å². The summed E-state index contributed by atoms with van der Waals surface area (Å²) in [5.41, 5.74) is 0.476. The number of aryl methyl sites for hydroxylation is 1. The average Bonchev–Trinajstić information content (AvgIpc) is 3.39. The van der Waals surface area contributed by atoms with E-state index in [1.807, 2.05) is 22.6 Å². The minimum Gasteiger partial charge on any atom is -0.351 e. The molecular formula is C17H18FIN4O2. The molecule has 0 spiro atoms. The van der Waals surface area contributed by atoms with E-state index in [4.69, 9.17) is 0 Å². The standard InChI is InChI=1S/C17H18FIN4O2/c1-9-14(21-13-6-5-11(19)7-12(13)18)15(22-23(2)17(9)25)16(24)20-8-10-3-4-10/h5-7,10,21H,3-4,8H2,1-2H3,(H,20,24). The predicted octanol–water partition coefficient (Wildman–Crippen LogP) is 2.72. The van der Waals surface area contributed by atoms with E-state index in [1.165, 1.54) is 13.1 Å². The maximum Gasteiger partial charge on any atom is 0.273 e. The third-order valence-corrected chi connectivity index (χ3v) is 4.80. The summed E-state index contributed by atoms with van der Waals surface area (Å²) in [5, 5.41) is 9.79. The summed E-state index contributed by atoms with van der Waals surface area (Å²) in [4.78, 5) is 24.7. The lowest BCUT2D eigenvalue weighted by Gasteiger charge is -2.15. The van der Waals surface area contributed by atoms with Crippen LogP contribution < -0.4 is 16.2 Å². The van der Waals surface area contributed by atoms with Crippen LogP contribution in [-0.4, -0.2) is 22.2 Å². The topological polar surface area (TPSA) is 76.0 Å². The molecule has 132 valence electrons. The zero-order valence-corrected chi connectivity index (χ0v) is 16.1. The Balaban J connectivity index is 1.98. The molecule has 2 aromatic rings. The summed E-state index contributed by atoms with van der Waals surface area (Å²) < 4.78 is 16.0. The van der Waals surface area contributed by atoms with E-state index >= 15 is 0 Å². The van der Waals surface area contributed by atoms with Crippen LogP contribution in [0.1, 0.15) is 28.9 Å². The number of rotatable bonds is 5. The van der Waals surface area contributed by atoms with E-state index in [9.17, 15) is 14.0 Å². The Morgan fingerprint density at radius 1 is 1.44 bits per heavy atom. The van der Waals surface area contributed by atoms with Crippen molar-refractivity contribution in [1.82, 2.24) is 15.1 Å². The van der Waals surface area contributed by atoms with Gasteiger partial charge in [0, 0.05) is 22.7 Å². The number of carbonyl (C=O) groups excluding carboxylic acids is 1. The van der Waals surface area contributed by atoms with Crippen molar-refractivity contribution in [2.75, 3.05) is 11.9 Å². The van der Waals surface area contributed by atoms with E-state index in [2.05, 4.69) is 15.7 Å². The molecule has 1 aliphatic carbocycles.